The number of hydrogen-bond donors (Lipinski definition) is 1. The second-order valence-corrected chi connectivity index (χ2v) is 4.33. The van der Waals surface area contributed by atoms with Gasteiger partial charge in [0.05, 0.1) is 6.26 Å². The van der Waals surface area contributed by atoms with Gasteiger partial charge in [-0.2, -0.15) is 0 Å². The molecule has 1 fully saturated rings. The summed E-state index contributed by atoms with van der Waals surface area (Å²) in [7, 11) is 0. The molecule has 1 aliphatic rings. The van der Waals surface area contributed by atoms with Gasteiger partial charge in [0.2, 0.25) is 0 Å². The number of hydrogen-bond acceptors (Lipinski definition) is 2. The first-order valence-corrected chi connectivity index (χ1v) is 5.67. The lowest BCUT2D eigenvalue weighted by Gasteiger charge is -2.00. The average molecular weight is 228 g/mol. The molecule has 1 saturated carbocycles. The van der Waals surface area contributed by atoms with Crippen LogP contribution < -0.4 is 0 Å². The molecule has 86 valence electrons. The van der Waals surface area contributed by atoms with Gasteiger partial charge in [0.1, 0.15) is 11.3 Å². The van der Waals surface area contributed by atoms with Crippen molar-refractivity contribution in [3.8, 4) is 11.1 Å². The van der Waals surface area contributed by atoms with Crippen LogP contribution in [0.25, 0.3) is 11.1 Å². The third kappa shape index (κ3) is 1.73. The van der Waals surface area contributed by atoms with Crippen molar-refractivity contribution in [1.29, 1.82) is 0 Å². The number of carbonyl (C=O) groups is 1. The number of carboxylic acid groups (broad SMARTS) is 1. The molecule has 0 radical (unpaired) electrons. The molecule has 1 N–H and O–H groups in total. The number of furan rings is 1. The van der Waals surface area contributed by atoms with Gasteiger partial charge in [-0.05, 0) is 18.4 Å². The minimum atomic E-state index is -0.903. The van der Waals surface area contributed by atoms with Crippen LogP contribution in [0.3, 0.4) is 0 Å². The Balaban J connectivity index is 2.14. The summed E-state index contributed by atoms with van der Waals surface area (Å²) in [5.74, 6) is 0.0365. The molecule has 1 aliphatic carbocycles. The van der Waals surface area contributed by atoms with E-state index in [1.807, 2.05) is 30.3 Å². The lowest BCUT2D eigenvalue weighted by molar-refractivity contribution is 0.0695. The van der Waals surface area contributed by atoms with Crippen LogP contribution >= 0.6 is 0 Å². The molecule has 2 aromatic rings. The van der Waals surface area contributed by atoms with Crippen LogP contribution in [0.5, 0.6) is 0 Å². The highest BCUT2D eigenvalue weighted by molar-refractivity contribution is 5.97. The molecule has 3 rings (SSSR count). The lowest BCUT2D eigenvalue weighted by Crippen LogP contribution is -2.00. The third-order valence-corrected chi connectivity index (χ3v) is 3.07. The summed E-state index contributed by atoms with van der Waals surface area (Å²) in [6.07, 6.45) is 3.62. The molecule has 0 amide bonds. The topological polar surface area (TPSA) is 50.4 Å². The van der Waals surface area contributed by atoms with E-state index in [9.17, 15) is 9.90 Å². The van der Waals surface area contributed by atoms with Gasteiger partial charge in [-0.25, -0.2) is 4.79 Å². The Labute approximate surface area is 98.7 Å². The van der Waals surface area contributed by atoms with Crippen molar-refractivity contribution in [3.63, 3.8) is 0 Å². The van der Waals surface area contributed by atoms with E-state index in [2.05, 4.69) is 0 Å². The normalized spacial score (nSPS) is 14.8. The number of benzene rings is 1. The Morgan fingerprint density at radius 3 is 2.53 bits per heavy atom. The van der Waals surface area contributed by atoms with Crippen molar-refractivity contribution >= 4 is 5.97 Å². The van der Waals surface area contributed by atoms with E-state index in [0.717, 1.165) is 18.4 Å². The highest BCUT2D eigenvalue weighted by Gasteiger charge is 2.33. The van der Waals surface area contributed by atoms with Gasteiger partial charge < -0.3 is 9.52 Å². The molecule has 17 heavy (non-hydrogen) atoms. The largest absolute Gasteiger partial charge is 0.478 e. The quantitative estimate of drug-likeness (QED) is 0.874. The minimum Gasteiger partial charge on any atom is -0.478 e. The van der Waals surface area contributed by atoms with E-state index in [-0.39, 0.29) is 0 Å². The maximum absolute atomic E-state index is 11.3. The smallest absolute Gasteiger partial charge is 0.339 e. The van der Waals surface area contributed by atoms with Crippen molar-refractivity contribution in [1.82, 2.24) is 0 Å². The summed E-state index contributed by atoms with van der Waals surface area (Å²) in [6.45, 7) is 0. The predicted octanol–water partition coefficient (Wildman–Crippen LogP) is 3.52. The fourth-order valence-electron chi connectivity index (χ4n) is 2.07. The molecule has 1 aromatic heterocycles. The zero-order chi connectivity index (χ0) is 11.8. The molecule has 1 aromatic carbocycles. The van der Waals surface area contributed by atoms with Gasteiger partial charge in [-0.3, -0.25) is 0 Å². The van der Waals surface area contributed by atoms with Crippen molar-refractivity contribution < 1.29 is 14.3 Å². The second kappa shape index (κ2) is 3.77. The summed E-state index contributed by atoms with van der Waals surface area (Å²) < 4.78 is 5.45. The van der Waals surface area contributed by atoms with Crippen LogP contribution in [0, 0.1) is 0 Å². The Hall–Kier alpha value is -2.03. The minimum absolute atomic E-state index is 0.304. The molecule has 0 saturated heterocycles. The number of carboxylic acids is 1. The van der Waals surface area contributed by atoms with Crippen molar-refractivity contribution in [2.75, 3.05) is 0 Å². The first-order chi connectivity index (χ1) is 8.27. The van der Waals surface area contributed by atoms with E-state index < -0.39 is 5.97 Å². The van der Waals surface area contributed by atoms with Crippen LogP contribution in [0.4, 0.5) is 0 Å². The van der Waals surface area contributed by atoms with Gasteiger partial charge >= 0.3 is 5.97 Å². The highest BCUT2D eigenvalue weighted by atomic mass is 16.4. The van der Waals surface area contributed by atoms with Gasteiger partial charge in [-0.15, -0.1) is 0 Å². The van der Waals surface area contributed by atoms with Crippen LogP contribution in [-0.2, 0) is 0 Å². The van der Waals surface area contributed by atoms with Crippen molar-refractivity contribution in [2.45, 2.75) is 18.8 Å². The Morgan fingerprint density at radius 1 is 1.24 bits per heavy atom. The van der Waals surface area contributed by atoms with Crippen molar-refractivity contribution in [2.24, 2.45) is 0 Å². The first-order valence-electron chi connectivity index (χ1n) is 5.67. The van der Waals surface area contributed by atoms with Crippen molar-refractivity contribution in [3.05, 3.63) is 47.9 Å². The molecule has 0 aliphatic heterocycles. The molecular formula is C14H12O3. The molecule has 0 bridgehead atoms. The Morgan fingerprint density at radius 2 is 1.94 bits per heavy atom. The SMILES string of the molecule is O=C(O)c1c(-c2ccccc2)coc1C1CC1. The summed E-state index contributed by atoms with van der Waals surface area (Å²) in [6, 6.07) is 9.49. The van der Waals surface area contributed by atoms with Gasteiger partial charge in [-0.1, -0.05) is 30.3 Å². The van der Waals surface area contributed by atoms with Crippen LogP contribution in [0.15, 0.2) is 41.0 Å². The predicted molar refractivity (Wildman–Crippen MR) is 63.1 cm³/mol. The monoisotopic (exact) mass is 228 g/mol. The summed E-state index contributed by atoms with van der Waals surface area (Å²) in [5.41, 5.74) is 1.90. The fraction of sp³-hybridized carbons (Fsp3) is 0.214. The van der Waals surface area contributed by atoms with Crippen LogP contribution in [-0.4, -0.2) is 11.1 Å². The molecule has 0 unspecified atom stereocenters. The number of aromatic carboxylic acids is 1. The summed E-state index contributed by atoms with van der Waals surface area (Å²) >= 11 is 0. The van der Waals surface area contributed by atoms with Gasteiger partial charge in [0.15, 0.2) is 0 Å². The summed E-state index contributed by atoms with van der Waals surface area (Å²) in [4.78, 5) is 11.3. The molecule has 3 nitrogen and oxygen atoms in total. The molecule has 1 heterocycles. The van der Waals surface area contributed by atoms with E-state index in [4.69, 9.17) is 4.42 Å². The van der Waals surface area contributed by atoms with Crippen LogP contribution in [0.1, 0.15) is 34.9 Å². The third-order valence-electron chi connectivity index (χ3n) is 3.07. The summed E-state index contributed by atoms with van der Waals surface area (Å²) in [5, 5.41) is 9.31. The molecular weight excluding hydrogens is 216 g/mol. The molecule has 0 spiro atoms. The standard InChI is InChI=1S/C14H12O3/c15-14(16)12-11(9-4-2-1-3-5-9)8-17-13(12)10-6-7-10/h1-5,8,10H,6-7H2,(H,15,16). The van der Waals surface area contributed by atoms with E-state index in [0.29, 0.717) is 22.8 Å². The maximum atomic E-state index is 11.3. The highest BCUT2D eigenvalue weighted by Crippen LogP contribution is 2.44. The first kappa shape index (κ1) is 10.1. The molecule has 0 atom stereocenters. The fourth-order valence-corrected chi connectivity index (χ4v) is 2.07. The Kier molecular flexibility index (Phi) is 2.25. The average Bonchev–Trinajstić information content (AvgIpc) is 3.08. The van der Waals surface area contributed by atoms with Gasteiger partial charge in [0.25, 0.3) is 0 Å². The molecule has 3 heteroatoms. The zero-order valence-corrected chi connectivity index (χ0v) is 9.22. The van der Waals surface area contributed by atoms with Crippen LogP contribution in [0.2, 0.25) is 0 Å². The van der Waals surface area contributed by atoms with Gasteiger partial charge in [0, 0.05) is 11.5 Å². The zero-order valence-electron chi connectivity index (χ0n) is 9.22. The second-order valence-electron chi connectivity index (χ2n) is 4.33. The number of rotatable bonds is 3. The lowest BCUT2D eigenvalue weighted by atomic mass is 10.0. The van der Waals surface area contributed by atoms with E-state index >= 15 is 0 Å². The van der Waals surface area contributed by atoms with E-state index in [1.165, 1.54) is 0 Å². The van der Waals surface area contributed by atoms with E-state index in [1.54, 1.807) is 6.26 Å². The maximum Gasteiger partial charge on any atom is 0.339 e. The Bertz CT molecular complexity index is 550.